The molecule has 1 aromatic carbocycles. The Hall–Kier alpha value is -0.910. The molecule has 130 valence electrons. The van der Waals surface area contributed by atoms with Crippen molar-refractivity contribution >= 4 is 7.82 Å². The smallest absolute Gasteiger partial charge is 0.470 e. The van der Waals surface area contributed by atoms with Crippen LogP contribution in [0.5, 0.6) is 5.75 Å². The van der Waals surface area contributed by atoms with Gasteiger partial charge >= 0.3 is 7.82 Å². The molecule has 0 bridgehead atoms. The van der Waals surface area contributed by atoms with E-state index in [9.17, 15) is 14.4 Å². The maximum Gasteiger partial charge on any atom is 0.470 e. The Balaban J connectivity index is 2.50. The van der Waals surface area contributed by atoms with Gasteiger partial charge in [-0.05, 0) is 44.6 Å². The molecule has 0 radical (unpaired) electrons. The molecule has 0 aliphatic heterocycles. The highest BCUT2D eigenvalue weighted by atomic mass is 31.2. The first kappa shape index (κ1) is 18.4. The van der Waals surface area contributed by atoms with Gasteiger partial charge in [0, 0.05) is 12.5 Å². The monoisotopic (exact) mass is 343 g/mol. The van der Waals surface area contributed by atoms with Crippen LogP contribution in [0, 0.1) is 5.92 Å². The molecule has 0 heterocycles. The lowest BCUT2D eigenvalue weighted by Crippen LogP contribution is -2.44. The van der Waals surface area contributed by atoms with Gasteiger partial charge in [0.15, 0.2) is 0 Å². The Bertz CT molecular complexity index is 573. The van der Waals surface area contributed by atoms with Crippen molar-refractivity contribution in [2.45, 2.75) is 31.3 Å². The van der Waals surface area contributed by atoms with Gasteiger partial charge in [-0.1, -0.05) is 25.0 Å². The first-order valence-corrected chi connectivity index (χ1v) is 9.35. The summed E-state index contributed by atoms with van der Waals surface area (Å²) in [6, 6.07) is 7.34. The molecule has 23 heavy (non-hydrogen) atoms. The van der Waals surface area contributed by atoms with E-state index in [0.717, 1.165) is 24.8 Å². The molecule has 1 aliphatic rings. The number of nitrogens with zero attached hydrogens (tertiary/aromatic N) is 1. The van der Waals surface area contributed by atoms with Gasteiger partial charge in [0.05, 0.1) is 7.11 Å². The zero-order valence-corrected chi connectivity index (χ0v) is 14.8. The molecule has 2 rings (SSSR count). The van der Waals surface area contributed by atoms with Gasteiger partial charge < -0.3 is 19.4 Å². The number of ether oxygens (including phenoxy) is 1. The average Bonchev–Trinajstić information content (AvgIpc) is 2.47. The standard InChI is InChI=1S/C16H26NO5P/c1-17(2)12-14-7-4-5-10-16(14,22-23(18,19)20)13-8-6-9-15(11-13)21-3/h6,8-9,11,14H,4-5,7,10,12H2,1-3H3,(H2,18,19,20)/t14-,16+/m1/s1. The van der Waals surface area contributed by atoms with E-state index in [1.807, 2.05) is 43.3 Å². The summed E-state index contributed by atoms with van der Waals surface area (Å²) in [6.45, 7) is 0.706. The predicted molar refractivity (Wildman–Crippen MR) is 88.3 cm³/mol. The molecule has 0 spiro atoms. The average molecular weight is 343 g/mol. The van der Waals surface area contributed by atoms with E-state index in [0.29, 0.717) is 18.7 Å². The normalized spacial score (nSPS) is 25.6. The van der Waals surface area contributed by atoms with Gasteiger partial charge in [0.1, 0.15) is 11.4 Å². The second-order valence-electron chi connectivity index (χ2n) is 6.41. The third-order valence-corrected chi connectivity index (χ3v) is 5.00. The van der Waals surface area contributed by atoms with Gasteiger partial charge in [-0.15, -0.1) is 0 Å². The highest BCUT2D eigenvalue weighted by molar-refractivity contribution is 7.46. The van der Waals surface area contributed by atoms with Gasteiger partial charge in [-0.2, -0.15) is 0 Å². The molecule has 1 aromatic rings. The maximum absolute atomic E-state index is 11.7. The Kier molecular flexibility index (Phi) is 5.87. The summed E-state index contributed by atoms with van der Waals surface area (Å²) in [7, 11) is 0.870. The van der Waals surface area contributed by atoms with Crippen LogP contribution in [-0.4, -0.2) is 42.4 Å². The van der Waals surface area contributed by atoms with Gasteiger partial charge in [0.25, 0.3) is 0 Å². The largest absolute Gasteiger partial charge is 0.497 e. The molecule has 0 saturated heterocycles. The minimum Gasteiger partial charge on any atom is -0.497 e. The van der Waals surface area contributed by atoms with E-state index >= 15 is 0 Å². The number of hydrogen-bond acceptors (Lipinski definition) is 4. The lowest BCUT2D eigenvalue weighted by molar-refractivity contribution is -0.0568. The van der Waals surface area contributed by atoms with Gasteiger partial charge in [0.2, 0.25) is 0 Å². The fraction of sp³-hybridized carbons (Fsp3) is 0.625. The third-order valence-electron chi connectivity index (χ3n) is 4.44. The molecule has 2 atom stereocenters. The Morgan fingerprint density at radius 3 is 2.70 bits per heavy atom. The van der Waals surface area contributed by atoms with Crippen LogP contribution >= 0.6 is 7.82 Å². The van der Waals surface area contributed by atoms with E-state index < -0.39 is 13.4 Å². The quantitative estimate of drug-likeness (QED) is 0.773. The topological polar surface area (TPSA) is 79.2 Å². The second kappa shape index (κ2) is 7.32. The van der Waals surface area contributed by atoms with Crippen molar-refractivity contribution in [3.8, 4) is 5.75 Å². The minimum atomic E-state index is -4.63. The van der Waals surface area contributed by atoms with Crippen LogP contribution < -0.4 is 4.74 Å². The van der Waals surface area contributed by atoms with Crippen molar-refractivity contribution in [3.05, 3.63) is 29.8 Å². The predicted octanol–water partition coefficient (Wildman–Crippen LogP) is 2.75. The van der Waals surface area contributed by atoms with Crippen molar-refractivity contribution in [2.24, 2.45) is 5.92 Å². The summed E-state index contributed by atoms with van der Waals surface area (Å²) in [5.41, 5.74) is -0.220. The third kappa shape index (κ3) is 4.55. The van der Waals surface area contributed by atoms with Crippen LogP contribution in [0.1, 0.15) is 31.2 Å². The lowest BCUT2D eigenvalue weighted by Gasteiger charge is -2.45. The van der Waals surface area contributed by atoms with Gasteiger partial charge in [-0.25, -0.2) is 4.57 Å². The van der Waals surface area contributed by atoms with E-state index in [4.69, 9.17) is 9.26 Å². The first-order valence-electron chi connectivity index (χ1n) is 7.82. The van der Waals surface area contributed by atoms with E-state index in [2.05, 4.69) is 0 Å². The van der Waals surface area contributed by atoms with Crippen LogP contribution in [0.2, 0.25) is 0 Å². The highest BCUT2D eigenvalue weighted by Gasteiger charge is 2.47. The fourth-order valence-electron chi connectivity index (χ4n) is 3.55. The summed E-state index contributed by atoms with van der Waals surface area (Å²) in [6.07, 6.45) is 3.37. The van der Waals surface area contributed by atoms with Crippen molar-refractivity contribution in [2.75, 3.05) is 27.7 Å². The van der Waals surface area contributed by atoms with Crippen molar-refractivity contribution in [1.82, 2.24) is 4.90 Å². The van der Waals surface area contributed by atoms with Crippen LogP contribution in [-0.2, 0) is 14.7 Å². The molecule has 2 N–H and O–H groups in total. The molecular weight excluding hydrogens is 317 g/mol. The van der Waals surface area contributed by atoms with Crippen molar-refractivity contribution < 1.29 is 23.6 Å². The molecule has 0 unspecified atom stereocenters. The second-order valence-corrected chi connectivity index (χ2v) is 7.57. The number of benzene rings is 1. The summed E-state index contributed by atoms with van der Waals surface area (Å²) in [4.78, 5) is 21.1. The zero-order valence-electron chi connectivity index (χ0n) is 13.9. The summed E-state index contributed by atoms with van der Waals surface area (Å²) in [5.74, 6) is 0.663. The highest BCUT2D eigenvalue weighted by Crippen LogP contribution is 2.54. The molecule has 6 nitrogen and oxygen atoms in total. The first-order chi connectivity index (χ1) is 10.8. The molecular formula is C16H26NO5P. The molecule has 1 fully saturated rings. The van der Waals surface area contributed by atoms with Crippen LogP contribution in [0.25, 0.3) is 0 Å². The van der Waals surface area contributed by atoms with Crippen LogP contribution in [0.15, 0.2) is 24.3 Å². The molecule has 0 aromatic heterocycles. The molecule has 1 aliphatic carbocycles. The molecule has 0 amide bonds. The summed E-state index contributed by atoms with van der Waals surface area (Å²) in [5, 5.41) is 0. The molecule has 1 saturated carbocycles. The number of methoxy groups -OCH3 is 1. The van der Waals surface area contributed by atoms with Crippen molar-refractivity contribution in [1.29, 1.82) is 0 Å². The SMILES string of the molecule is COc1cccc([C@@]2(OP(=O)(O)O)CCCC[C@@H]2CN(C)C)c1. The fourth-order valence-corrected chi connectivity index (χ4v) is 4.32. The number of phosphoric acid groups is 1. The molecule has 7 heteroatoms. The Morgan fingerprint density at radius 2 is 2.09 bits per heavy atom. The number of rotatable bonds is 6. The summed E-state index contributed by atoms with van der Waals surface area (Å²) < 4.78 is 22.4. The Morgan fingerprint density at radius 1 is 1.35 bits per heavy atom. The minimum absolute atomic E-state index is 0.00554. The maximum atomic E-state index is 11.7. The van der Waals surface area contributed by atoms with Crippen molar-refractivity contribution in [3.63, 3.8) is 0 Å². The van der Waals surface area contributed by atoms with Gasteiger partial charge in [-0.3, -0.25) is 4.52 Å². The Labute approximate surface area is 137 Å². The van der Waals surface area contributed by atoms with E-state index in [1.54, 1.807) is 7.11 Å². The van der Waals surface area contributed by atoms with Crippen LogP contribution in [0.3, 0.4) is 0 Å². The van der Waals surface area contributed by atoms with E-state index in [1.165, 1.54) is 0 Å². The van der Waals surface area contributed by atoms with E-state index in [-0.39, 0.29) is 5.92 Å². The van der Waals surface area contributed by atoms with Crippen LogP contribution in [0.4, 0.5) is 0 Å². The lowest BCUT2D eigenvalue weighted by atomic mass is 9.71. The summed E-state index contributed by atoms with van der Waals surface area (Å²) >= 11 is 0. The zero-order chi connectivity index (χ0) is 17.1. The number of hydrogen-bond donors (Lipinski definition) is 2. The number of phosphoric ester groups is 1.